The second-order valence-corrected chi connectivity index (χ2v) is 2.40. The van der Waals surface area contributed by atoms with E-state index in [4.69, 9.17) is 5.73 Å². The van der Waals surface area contributed by atoms with Gasteiger partial charge in [0.1, 0.15) is 5.69 Å². The van der Waals surface area contributed by atoms with Gasteiger partial charge in [-0.15, -0.1) is 6.58 Å². The van der Waals surface area contributed by atoms with Gasteiger partial charge >= 0.3 is 0 Å². The quantitative estimate of drug-likeness (QED) is 0.534. The molecule has 0 spiro atoms. The van der Waals surface area contributed by atoms with E-state index in [0.29, 0.717) is 12.0 Å². The number of pyridine rings is 1. The minimum atomic E-state index is -0.210. The molecule has 1 aromatic heterocycles. The number of nitrogens with zero attached hydrogens (tertiary/aromatic N) is 1. The molecule has 0 aromatic carbocycles. The van der Waals surface area contributed by atoms with E-state index >= 15 is 0 Å². The molecule has 0 fully saturated rings. The third-order valence-corrected chi connectivity index (χ3v) is 1.57. The Balaban J connectivity index is 2.91. The molecule has 0 saturated carbocycles. The molecule has 62 valence electrons. The van der Waals surface area contributed by atoms with Gasteiger partial charge in [-0.2, -0.15) is 0 Å². The average Bonchev–Trinajstić information content (AvgIpc) is 2.17. The van der Waals surface area contributed by atoms with Crippen LogP contribution in [0.25, 0.3) is 0 Å². The summed E-state index contributed by atoms with van der Waals surface area (Å²) in [6, 6.07) is 3.19. The lowest BCUT2D eigenvalue weighted by Gasteiger charge is -2.04. The molecule has 3 nitrogen and oxygen atoms in total. The van der Waals surface area contributed by atoms with Gasteiger partial charge in [0.05, 0.1) is 0 Å². The lowest BCUT2D eigenvalue weighted by molar-refractivity contribution is 0.111. The number of aldehydes is 1. The van der Waals surface area contributed by atoms with Crippen LogP contribution in [0.2, 0.25) is 0 Å². The minimum absolute atomic E-state index is 0.210. The topological polar surface area (TPSA) is 56.0 Å². The Morgan fingerprint density at radius 1 is 1.58 bits per heavy atom. The lowest BCUT2D eigenvalue weighted by atomic mass is 10.1. The first-order valence-electron chi connectivity index (χ1n) is 3.57. The van der Waals surface area contributed by atoms with E-state index in [1.54, 1.807) is 24.4 Å². The van der Waals surface area contributed by atoms with Crippen LogP contribution in [-0.4, -0.2) is 11.3 Å². The SMILES string of the molecule is C=C[C@H](N)c1ccc(C=O)nc1. The maximum absolute atomic E-state index is 10.2. The Kier molecular flexibility index (Phi) is 2.71. The van der Waals surface area contributed by atoms with E-state index in [2.05, 4.69) is 11.6 Å². The molecule has 1 rings (SSSR count). The zero-order valence-electron chi connectivity index (χ0n) is 6.60. The monoisotopic (exact) mass is 162 g/mol. The number of aromatic nitrogens is 1. The van der Waals surface area contributed by atoms with E-state index in [-0.39, 0.29) is 6.04 Å². The highest BCUT2D eigenvalue weighted by Gasteiger charge is 2.00. The van der Waals surface area contributed by atoms with Gasteiger partial charge in [0.15, 0.2) is 6.29 Å². The Labute approximate surface area is 70.9 Å². The van der Waals surface area contributed by atoms with Gasteiger partial charge in [0.2, 0.25) is 0 Å². The summed E-state index contributed by atoms with van der Waals surface area (Å²) in [5, 5.41) is 0. The van der Waals surface area contributed by atoms with Crippen LogP contribution in [0, 0.1) is 0 Å². The fraction of sp³-hybridized carbons (Fsp3) is 0.111. The van der Waals surface area contributed by atoms with Gasteiger partial charge in [-0.3, -0.25) is 9.78 Å². The highest BCUT2D eigenvalue weighted by molar-refractivity contribution is 5.71. The third kappa shape index (κ3) is 1.77. The Morgan fingerprint density at radius 3 is 2.75 bits per heavy atom. The molecule has 1 heterocycles. The Bertz CT molecular complexity index is 279. The van der Waals surface area contributed by atoms with E-state index in [1.807, 2.05) is 0 Å². The first kappa shape index (κ1) is 8.62. The van der Waals surface area contributed by atoms with Gasteiger partial charge in [0, 0.05) is 12.2 Å². The third-order valence-electron chi connectivity index (χ3n) is 1.57. The molecule has 0 aliphatic rings. The molecule has 1 atom stereocenters. The molecule has 1 aromatic rings. The van der Waals surface area contributed by atoms with Crippen LogP contribution < -0.4 is 5.73 Å². The molecular weight excluding hydrogens is 152 g/mol. The van der Waals surface area contributed by atoms with Crippen LogP contribution in [0.3, 0.4) is 0 Å². The summed E-state index contributed by atoms with van der Waals surface area (Å²) in [7, 11) is 0. The Morgan fingerprint density at radius 2 is 2.33 bits per heavy atom. The number of carbonyl (C=O) groups is 1. The first-order valence-corrected chi connectivity index (χ1v) is 3.57. The van der Waals surface area contributed by atoms with Crippen molar-refractivity contribution in [1.29, 1.82) is 0 Å². The molecule has 0 bridgehead atoms. The summed E-state index contributed by atoms with van der Waals surface area (Å²) >= 11 is 0. The van der Waals surface area contributed by atoms with E-state index in [9.17, 15) is 4.79 Å². The molecule has 3 heteroatoms. The summed E-state index contributed by atoms with van der Waals surface area (Å²) in [6.07, 6.45) is 3.90. The summed E-state index contributed by atoms with van der Waals surface area (Å²) in [6.45, 7) is 3.56. The fourth-order valence-electron chi connectivity index (χ4n) is 0.820. The van der Waals surface area contributed by atoms with Gasteiger partial charge in [-0.25, -0.2) is 0 Å². The van der Waals surface area contributed by atoms with Crippen LogP contribution in [0.5, 0.6) is 0 Å². The van der Waals surface area contributed by atoms with Crippen molar-refractivity contribution in [3.8, 4) is 0 Å². The summed E-state index contributed by atoms with van der Waals surface area (Å²) in [5.74, 6) is 0. The van der Waals surface area contributed by atoms with Crippen molar-refractivity contribution in [2.45, 2.75) is 6.04 Å². The fourth-order valence-corrected chi connectivity index (χ4v) is 0.820. The highest BCUT2D eigenvalue weighted by atomic mass is 16.1. The summed E-state index contributed by atoms with van der Waals surface area (Å²) in [5.41, 5.74) is 6.91. The van der Waals surface area contributed by atoms with Crippen molar-refractivity contribution in [2.75, 3.05) is 0 Å². The summed E-state index contributed by atoms with van der Waals surface area (Å²) < 4.78 is 0. The molecule has 0 saturated heterocycles. The molecule has 2 N–H and O–H groups in total. The van der Waals surface area contributed by atoms with Crippen LogP contribution in [0.15, 0.2) is 31.0 Å². The van der Waals surface area contributed by atoms with Crippen LogP contribution in [-0.2, 0) is 0 Å². The molecule has 0 aliphatic carbocycles. The first-order chi connectivity index (χ1) is 5.77. The number of hydrogen-bond donors (Lipinski definition) is 1. The van der Waals surface area contributed by atoms with Crippen molar-refractivity contribution < 1.29 is 4.79 Å². The van der Waals surface area contributed by atoms with Gasteiger partial charge in [0.25, 0.3) is 0 Å². The van der Waals surface area contributed by atoms with Crippen molar-refractivity contribution in [3.05, 3.63) is 42.2 Å². The highest BCUT2D eigenvalue weighted by Crippen LogP contribution is 2.08. The summed E-state index contributed by atoms with van der Waals surface area (Å²) in [4.78, 5) is 14.1. The maximum atomic E-state index is 10.2. The molecule has 0 radical (unpaired) electrons. The van der Waals surface area contributed by atoms with Crippen LogP contribution in [0.4, 0.5) is 0 Å². The number of nitrogens with two attached hydrogens (primary N) is 1. The van der Waals surface area contributed by atoms with Gasteiger partial charge < -0.3 is 5.73 Å². The van der Waals surface area contributed by atoms with Gasteiger partial charge in [-0.05, 0) is 11.6 Å². The van der Waals surface area contributed by atoms with E-state index < -0.39 is 0 Å². The standard InChI is InChI=1S/C9H10N2O/c1-2-9(10)7-3-4-8(6-12)11-5-7/h2-6,9H,1,10H2/t9-/m0/s1. The smallest absolute Gasteiger partial charge is 0.168 e. The van der Waals surface area contributed by atoms with Crippen molar-refractivity contribution >= 4 is 6.29 Å². The van der Waals surface area contributed by atoms with Crippen LogP contribution in [0.1, 0.15) is 22.1 Å². The number of carbonyl (C=O) groups excluding carboxylic acids is 1. The zero-order valence-corrected chi connectivity index (χ0v) is 6.60. The molecule has 0 amide bonds. The van der Waals surface area contributed by atoms with Gasteiger partial charge in [-0.1, -0.05) is 12.1 Å². The van der Waals surface area contributed by atoms with E-state index in [0.717, 1.165) is 5.56 Å². The second kappa shape index (κ2) is 3.78. The van der Waals surface area contributed by atoms with Crippen molar-refractivity contribution in [1.82, 2.24) is 4.98 Å². The van der Waals surface area contributed by atoms with Crippen LogP contribution >= 0.6 is 0 Å². The largest absolute Gasteiger partial charge is 0.321 e. The lowest BCUT2D eigenvalue weighted by Crippen LogP contribution is -2.06. The minimum Gasteiger partial charge on any atom is -0.321 e. The van der Waals surface area contributed by atoms with Crippen molar-refractivity contribution in [3.63, 3.8) is 0 Å². The molecular formula is C9H10N2O. The predicted octanol–water partition coefficient (Wildman–Crippen LogP) is 1.08. The van der Waals surface area contributed by atoms with E-state index in [1.165, 1.54) is 0 Å². The molecule has 0 aliphatic heterocycles. The maximum Gasteiger partial charge on any atom is 0.168 e. The zero-order chi connectivity index (χ0) is 8.97. The normalized spacial score (nSPS) is 12.1. The Hall–Kier alpha value is -1.48. The molecule has 0 unspecified atom stereocenters. The number of hydrogen-bond acceptors (Lipinski definition) is 3. The van der Waals surface area contributed by atoms with Crippen molar-refractivity contribution in [2.24, 2.45) is 5.73 Å². The predicted molar refractivity (Wildman–Crippen MR) is 46.7 cm³/mol. The average molecular weight is 162 g/mol. The number of rotatable bonds is 3. The molecule has 12 heavy (non-hydrogen) atoms. The second-order valence-electron chi connectivity index (χ2n) is 2.40.